The second-order valence-corrected chi connectivity index (χ2v) is 10.4. The van der Waals surface area contributed by atoms with E-state index in [2.05, 4.69) is 9.88 Å². The molecule has 38 heavy (non-hydrogen) atoms. The number of anilines is 1. The molecule has 202 valence electrons. The van der Waals surface area contributed by atoms with Gasteiger partial charge in [0.05, 0.1) is 24.0 Å². The van der Waals surface area contributed by atoms with Crippen molar-refractivity contribution in [3.05, 3.63) is 70.1 Å². The second kappa shape index (κ2) is 10.1. The van der Waals surface area contributed by atoms with E-state index in [9.17, 15) is 28.2 Å². The molecule has 3 N–H and O–H groups in total. The normalized spacial score (nSPS) is 23.8. The zero-order chi connectivity index (χ0) is 27.2. The molecule has 0 radical (unpaired) electrons. The highest BCUT2D eigenvalue weighted by atomic mass is 19.4. The molecule has 3 aliphatic rings. The Morgan fingerprint density at radius 3 is 2.37 bits per heavy atom. The van der Waals surface area contributed by atoms with Crippen molar-refractivity contribution in [1.29, 1.82) is 5.41 Å². The Morgan fingerprint density at radius 2 is 1.76 bits per heavy atom. The standard InChI is InChI=1S/C28H30F3N3O4/c1-15-10-23(27(36)37)33-24(11-15)34-17-8-9-18(34)13-19(12-17)38-14-21(26(35)16-6-7-16)25(32)20-4-2-3-5-22(20)28(29,30)31/h2-5,10-11,16-19,32,35H,6-9,12-14H2,1H3,(H,36,37)/b26-21-,32-25?/t17-,18?,19?/m0/s1. The first-order valence-corrected chi connectivity index (χ1v) is 12.8. The highest BCUT2D eigenvalue weighted by Gasteiger charge is 2.43. The van der Waals surface area contributed by atoms with Gasteiger partial charge in [-0.2, -0.15) is 13.2 Å². The van der Waals surface area contributed by atoms with Crippen LogP contribution < -0.4 is 4.90 Å². The fourth-order valence-corrected chi connectivity index (χ4v) is 5.72. The predicted octanol–water partition coefficient (Wildman–Crippen LogP) is 5.91. The summed E-state index contributed by atoms with van der Waals surface area (Å²) in [5.41, 5.74) is -0.642. The molecular formula is C28H30F3N3O4. The smallest absolute Gasteiger partial charge is 0.417 e. The van der Waals surface area contributed by atoms with E-state index < -0.39 is 17.7 Å². The number of aliphatic hydroxyl groups excluding tert-OH is 1. The van der Waals surface area contributed by atoms with Crippen LogP contribution in [0, 0.1) is 18.3 Å². The Hall–Kier alpha value is -3.40. The number of ether oxygens (including phenoxy) is 1. The van der Waals surface area contributed by atoms with Crippen molar-refractivity contribution in [1.82, 2.24) is 4.98 Å². The Balaban J connectivity index is 1.33. The molecule has 5 rings (SSSR count). The third kappa shape index (κ3) is 5.27. The van der Waals surface area contributed by atoms with Crippen LogP contribution in [0.4, 0.5) is 19.0 Å². The number of aliphatic hydroxyl groups is 1. The van der Waals surface area contributed by atoms with Gasteiger partial charge in [-0.05, 0) is 69.2 Å². The number of hydrogen-bond donors (Lipinski definition) is 3. The molecule has 0 spiro atoms. The van der Waals surface area contributed by atoms with Gasteiger partial charge in [0.25, 0.3) is 0 Å². The highest BCUT2D eigenvalue weighted by molar-refractivity contribution is 6.12. The molecule has 7 nitrogen and oxygen atoms in total. The molecule has 2 bridgehead atoms. The first kappa shape index (κ1) is 26.2. The number of allylic oxidation sites excluding steroid dienone is 1. The van der Waals surface area contributed by atoms with Crippen LogP contribution in [-0.2, 0) is 10.9 Å². The Morgan fingerprint density at radius 1 is 1.11 bits per heavy atom. The van der Waals surface area contributed by atoms with E-state index in [0.29, 0.717) is 18.7 Å². The lowest BCUT2D eigenvalue weighted by Crippen LogP contribution is -2.46. The zero-order valence-electron chi connectivity index (χ0n) is 21.0. The number of carbonyl (C=O) groups is 1. The summed E-state index contributed by atoms with van der Waals surface area (Å²) >= 11 is 0. The summed E-state index contributed by atoms with van der Waals surface area (Å²) in [4.78, 5) is 18.0. The van der Waals surface area contributed by atoms with Gasteiger partial charge in [-0.1, -0.05) is 18.2 Å². The molecule has 1 aromatic heterocycles. The minimum absolute atomic E-state index is 0.000698. The van der Waals surface area contributed by atoms with Crippen molar-refractivity contribution in [3.8, 4) is 0 Å². The van der Waals surface area contributed by atoms with E-state index >= 15 is 0 Å². The van der Waals surface area contributed by atoms with E-state index in [4.69, 9.17) is 10.1 Å². The van der Waals surface area contributed by atoms with E-state index in [1.54, 1.807) is 0 Å². The van der Waals surface area contributed by atoms with Crippen molar-refractivity contribution in [2.24, 2.45) is 5.92 Å². The zero-order valence-corrected chi connectivity index (χ0v) is 21.0. The lowest BCUT2D eigenvalue weighted by Gasteiger charge is -2.40. The van der Waals surface area contributed by atoms with E-state index in [1.807, 2.05) is 13.0 Å². The van der Waals surface area contributed by atoms with Gasteiger partial charge in [0.15, 0.2) is 5.69 Å². The number of piperidine rings is 1. The fraction of sp³-hybridized carbons (Fsp3) is 0.464. The number of halogens is 3. The summed E-state index contributed by atoms with van der Waals surface area (Å²) in [7, 11) is 0. The van der Waals surface area contributed by atoms with Crippen molar-refractivity contribution >= 4 is 17.5 Å². The average molecular weight is 530 g/mol. The number of rotatable bonds is 8. The second-order valence-electron chi connectivity index (χ2n) is 10.4. The molecule has 10 heteroatoms. The Kier molecular flexibility index (Phi) is 6.94. The summed E-state index contributed by atoms with van der Waals surface area (Å²) in [6.07, 6.45) is -0.306. The van der Waals surface area contributed by atoms with Gasteiger partial charge in [-0.25, -0.2) is 9.78 Å². The van der Waals surface area contributed by atoms with Crippen LogP contribution in [-0.4, -0.2) is 51.7 Å². The summed E-state index contributed by atoms with van der Waals surface area (Å²) in [6, 6.07) is 8.53. The number of carboxylic acid groups (broad SMARTS) is 1. The van der Waals surface area contributed by atoms with Gasteiger partial charge in [0.1, 0.15) is 11.6 Å². The number of aryl methyl sites for hydroxylation is 1. The minimum Gasteiger partial charge on any atom is -0.512 e. The lowest BCUT2D eigenvalue weighted by molar-refractivity contribution is -0.137. The number of hydrogen-bond acceptors (Lipinski definition) is 6. The summed E-state index contributed by atoms with van der Waals surface area (Å²) in [5, 5.41) is 28.9. The van der Waals surface area contributed by atoms with Gasteiger partial charge in [-0.15, -0.1) is 0 Å². The van der Waals surface area contributed by atoms with Gasteiger partial charge in [-0.3, -0.25) is 5.41 Å². The number of alkyl halides is 3. The molecule has 0 amide bonds. The summed E-state index contributed by atoms with van der Waals surface area (Å²) < 4.78 is 47.1. The highest BCUT2D eigenvalue weighted by Crippen LogP contribution is 2.41. The van der Waals surface area contributed by atoms with Crippen molar-refractivity contribution < 1.29 is 32.9 Å². The number of fused-ring (bicyclic) bond motifs is 2. The maximum Gasteiger partial charge on any atom is 0.417 e. The molecule has 3 heterocycles. The van der Waals surface area contributed by atoms with E-state index in [0.717, 1.165) is 37.3 Å². The molecule has 2 aliphatic heterocycles. The molecule has 2 unspecified atom stereocenters. The van der Waals surface area contributed by atoms with Crippen molar-refractivity contribution in [2.75, 3.05) is 11.5 Å². The number of nitrogens with zero attached hydrogens (tertiary/aromatic N) is 2. The minimum atomic E-state index is -4.62. The van der Waals surface area contributed by atoms with Crippen LogP contribution in [0.2, 0.25) is 0 Å². The van der Waals surface area contributed by atoms with Gasteiger partial charge < -0.3 is 19.8 Å². The number of pyridine rings is 1. The maximum absolute atomic E-state index is 13.6. The molecule has 2 aromatic rings. The van der Waals surface area contributed by atoms with Crippen LogP contribution in [0.1, 0.15) is 65.7 Å². The largest absolute Gasteiger partial charge is 0.512 e. The monoisotopic (exact) mass is 529 g/mol. The number of aromatic carboxylic acids is 1. The number of nitrogens with one attached hydrogen (secondary N) is 1. The molecule has 3 fully saturated rings. The quantitative estimate of drug-likeness (QED) is 0.290. The lowest BCUT2D eigenvalue weighted by atomic mass is 9.95. The molecule has 2 saturated heterocycles. The van der Waals surface area contributed by atoms with Gasteiger partial charge in [0.2, 0.25) is 0 Å². The molecule has 1 aromatic carbocycles. The number of aromatic nitrogens is 1. The number of carboxylic acids is 1. The summed E-state index contributed by atoms with van der Waals surface area (Å²) in [6.45, 7) is 1.69. The van der Waals surface area contributed by atoms with Gasteiger partial charge >= 0.3 is 12.1 Å². The first-order chi connectivity index (χ1) is 18.0. The predicted molar refractivity (Wildman–Crippen MR) is 135 cm³/mol. The summed E-state index contributed by atoms with van der Waals surface area (Å²) in [5.74, 6) is -0.658. The van der Waals surface area contributed by atoms with Gasteiger partial charge in [0, 0.05) is 29.1 Å². The number of benzene rings is 1. The average Bonchev–Trinajstić information content (AvgIpc) is 3.68. The molecular weight excluding hydrogens is 499 g/mol. The third-order valence-electron chi connectivity index (χ3n) is 7.67. The van der Waals surface area contributed by atoms with Crippen LogP contribution in [0.3, 0.4) is 0 Å². The molecule has 1 aliphatic carbocycles. The van der Waals surface area contributed by atoms with Crippen LogP contribution in [0.5, 0.6) is 0 Å². The first-order valence-electron chi connectivity index (χ1n) is 12.8. The maximum atomic E-state index is 13.6. The van der Waals surface area contributed by atoms with Crippen LogP contribution in [0.15, 0.2) is 47.7 Å². The van der Waals surface area contributed by atoms with E-state index in [1.165, 1.54) is 24.3 Å². The topological polar surface area (TPSA) is 107 Å². The Bertz CT molecular complexity index is 1270. The third-order valence-corrected chi connectivity index (χ3v) is 7.67. The van der Waals surface area contributed by atoms with Crippen molar-refractivity contribution in [3.63, 3.8) is 0 Å². The molecule has 1 saturated carbocycles. The van der Waals surface area contributed by atoms with Crippen LogP contribution in [0.25, 0.3) is 0 Å². The SMILES string of the molecule is Cc1cc(C(=O)O)nc(N2C3CC[C@H]2CC(OC/C(C(=N)c2ccccc2C(F)(F)F)=C(/O)C2CC2)C3)c1. The molecule has 3 atom stereocenters. The van der Waals surface area contributed by atoms with E-state index in [-0.39, 0.29) is 59.0 Å². The fourth-order valence-electron chi connectivity index (χ4n) is 5.72. The van der Waals surface area contributed by atoms with Crippen molar-refractivity contribution in [2.45, 2.75) is 69.8 Å². The van der Waals surface area contributed by atoms with Crippen LogP contribution >= 0.6 is 0 Å². The Labute approximate surface area is 218 Å².